The average Bonchev–Trinajstić information content (AvgIpc) is 2.89. The fourth-order valence-corrected chi connectivity index (χ4v) is 3.45. The van der Waals surface area contributed by atoms with Crippen LogP contribution in [0.25, 0.3) is 10.9 Å². The molecule has 1 aliphatic rings. The summed E-state index contributed by atoms with van der Waals surface area (Å²) in [5.74, 6) is 0.680. The number of H-pyrrole nitrogens is 1. The maximum atomic E-state index is 11.8. The Kier molecular flexibility index (Phi) is 5.09. The molecule has 3 N–H and O–H groups in total. The van der Waals surface area contributed by atoms with Crippen LogP contribution in [0.2, 0.25) is 0 Å². The quantitative estimate of drug-likeness (QED) is 0.781. The van der Waals surface area contributed by atoms with Crippen molar-refractivity contribution in [3.63, 3.8) is 0 Å². The molecule has 1 heterocycles. The van der Waals surface area contributed by atoms with Crippen molar-refractivity contribution in [1.29, 1.82) is 0 Å². The topological polar surface area (TPSA) is 66.2 Å². The van der Waals surface area contributed by atoms with Crippen molar-refractivity contribution in [1.82, 2.24) is 10.3 Å². The molecule has 24 heavy (non-hydrogen) atoms. The fourth-order valence-electron chi connectivity index (χ4n) is 3.45. The van der Waals surface area contributed by atoms with E-state index in [-0.39, 0.29) is 6.10 Å². The number of fused-ring (bicyclic) bond motifs is 3. The van der Waals surface area contributed by atoms with Gasteiger partial charge in [0, 0.05) is 22.3 Å². The van der Waals surface area contributed by atoms with Crippen molar-refractivity contribution >= 4 is 22.7 Å². The van der Waals surface area contributed by atoms with Crippen molar-refractivity contribution in [3.05, 3.63) is 29.5 Å². The summed E-state index contributed by atoms with van der Waals surface area (Å²) < 4.78 is 5.16. The normalized spacial score (nSPS) is 17.1. The SMILES string of the molecule is CCNCC1CCc2[nH]c3ccc(NC(=O)OC(C)C)cc3c2C1. The highest BCUT2D eigenvalue weighted by atomic mass is 16.6. The molecule has 0 fully saturated rings. The summed E-state index contributed by atoms with van der Waals surface area (Å²) in [4.78, 5) is 15.3. The Morgan fingerprint density at radius 2 is 2.25 bits per heavy atom. The van der Waals surface area contributed by atoms with Crippen molar-refractivity contribution in [2.45, 2.75) is 46.1 Å². The number of nitrogens with one attached hydrogen (secondary N) is 3. The monoisotopic (exact) mass is 329 g/mol. The number of carbonyl (C=O) groups is 1. The number of anilines is 1. The van der Waals surface area contributed by atoms with Gasteiger partial charge in [-0.1, -0.05) is 6.92 Å². The number of hydrogen-bond donors (Lipinski definition) is 3. The van der Waals surface area contributed by atoms with Gasteiger partial charge in [0.1, 0.15) is 0 Å². The zero-order chi connectivity index (χ0) is 17.1. The Morgan fingerprint density at radius 3 is 3.00 bits per heavy atom. The first-order chi connectivity index (χ1) is 11.6. The second kappa shape index (κ2) is 7.26. The Hall–Kier alpha value is -2.01. The van der Waals surface area contributed by atoms with Gasteiger partial charge < -0.3 is 15.0 Å². The number of hydrogen-bond acceptors (Lipinski definition) is 3. The van der Waals surface area contributed by atoms with Gasteiger partial charge in [0.15, 0.2) is 0 Å². The number of aryl methyl sites for hydroxylation is 1. The van der Waals surface area contributed by atoms with E-state index in [0.29, 0.717) is 5.92 Å². The summed E-state index contributed by atoms with van der Waals surface area (Å²) in [6, 6.07) is 6.02. The van der Waals surface area contributed by atoms with Crippen molar-refractivity contribution < 1.29 is 9.53 Å². The van der Waals surface area contributed by atoms with Gasteiger partial charge in [-0.3, -0.25) is 5.32 Å². The number of amides is 1. The molecule has 1 aromatic carbocycles. The van der Waals surface area contributed by atoms with Gasteiger partial charge in [-0.05, 0) is 75.9 Å². The van der Waals surface area contributed by atoms with Crippen molar-refractivity contribution in [3.8, 4) is 0 Å². The van der Waals surface area contributed by atoms with Gasteiger partial charge in [0.25, 0.3) is 0 Å². The average molecular weight is 329 g/mol. The third-order valence-corrected chi connectivity index (χ3v) is 4.56. The first-order valence-corrected chi connectivity index (χ1v) is 8.88. The minimum atomic E-state index is -0.404. The second-order valence-corrected chi connectivity index (χ2v) is 6.84. The van der Waals surface area contributed by atoms with Gasteiger partial charge in [0.2, 0.25) is 0 Å². The molecule has 3 rings (SSSR count). The molecule has 5 nitrogen and oxygen atoms in total. The van der Waals surface area contributed by atoms with E-state index in [1.165, 1.54) is 23.1 Å². The highest BCUT2D eigenvalue weighted by Crippen LogP contribution is 2.33. The lowest BCUT2D eigenvalue weighted by atomic mass is 9.86. The van der Waals surface area contributed by atoms with E-state index in [1.807, 2.05) is 26.0 Å². The number of ether oxygens (including phenoxy) is 1. The van der Waals surface area contributed by atoms with Gasteiger partial charge in [0.05, 0.1) is 6.10 Å². The molecule has 130 valence electrons. The molecule has 0 saturated carbocycles. The van der Waals surface area contributed by atoms with Crippen molar-refractivity contribution in [2.24, 2.45) is 5.92 Å². The molecule has 2 aromatic rings. The third-order valence-electron chi connectivity index (χ3n) is 4.56. The van der Waals surface area contributed by atoms with Crippen LogP contribution in [0, 0.1) is 5.92 Å². The van der Waals surface area contributed by atoms with Crippen LogP contribution in [0.3, 0.4) is 0 Å². The summed E-state index contributed by atoms with van der Waals surface area (Å²) in [6.45, 7) is 7.92. The molecule has 0 radical (unpaired) electrons. The molecule has 5 heteroatoms. The van der Waals surface area contributed by atoms with E-state index in [2.05, 4.69) is 28.6 Å². The minimum absolute atomic E-state index is 0.124. The molecular formula is C19H27N3O2. The summed E-state index contributed by atoms with van der Waals surface area (Å²) in [5, 5.41) is 7.50. The van der Waals surface area contributed by atoms with Crippen molar-refractivity contribution in [2.75, 3.05) is 18.4 Å². The predicted molar refractivity (Wildman–Crippen MR) is 97.6 cm³/mol. The van der Waals surface area contributed by atoms with E-state index in [4.69, 9.17) is 4.74 Å². The molecular weight excluding hydrogens is 302 g/mol. The van der Waals surface area contributed by atoms with Crippen LogP contribution in [0.15, 0.2) is 18.2 Å². The second-order valence-electron chi connectivity index (χ2n) is 6.84. The lowest BCUT2D eigenvalue weighted by Crippen LogP contribution is -2.26. The molecule has 1 amide bonds. The number of aromatic nitrogens is 1. The molecule has 0 spiro atoms. The Morgan fingerprint density at radius 1 is 1.42 bits per heavy atom. The number of rotatable bonds is 5. The van der Waals surface area contributed by atoms with E-state index in [1.54, 1.807) is 0 Å². The summed E-state index contributed by atoms with van der Waals surface area (Å²) in [6.07, 6.45) is 2.87. The predicted octanol–water partition coefficient (Wildman–Crippen LogP) is 3.84. The molecule has 0 bridgehead atoms. The van der Waals surface area contributed by atoms with Gasteiger partial charge in [-0.2, -0.15) is 0 Å². The molecule has 1 atom stereocenters. The number of benzene rings is 1. The minimum Gasteiger partial charge on any atom is -0.447 e. The highest BCUT2D eigenvalue weighted by molar-refractivity contribution is 5.92. The van der Waals surface area contributed by atoms with Crippen LogP contribution in [0.4, 0.5) is 10.5 Å². The van der Waals surface area contributed by atoms with Gasteiger partial charge in [-0.15, -0.1) is 0 Å². The highest BCUT2D eigenvalue weighted by Gasteiger charge is 2.22. The zero-order valence-corrected chi connectivity index (χ0v) is 14.7. The van der Waals surface area contributed by atoms with E-state index >= 15 is 0 Å². The van der Waals surface area contributed by atoms with Crippen LogP contribution < -0.4 is 10.6 Å². The largest absolute Gasteiger partial charge is 0.447 e. The lowest BCUT2D eigenvalue weighted by molar-refractivity contribution is 0.130. The van der Waals surface area contributed by atoms with Crippen LogP contribution in [0.1, 0.15) is 38.4 Å². The lowest BCUT2D eigenvalue weighted by Gasteiger charge is -2.22. The summed E-state index contributed by atoms with van der Waals surface area (Å²) >= 11 is 0. The summed E-state index contributed by atoms with van der Waals surface area (Å²) in [7, 11) is 0. The van der Waals surface area contributed by atoms with E-state index in [0.717, 1.165) is 37.1 Å². The smallest absolute Gasteiger partial charge is 0.411 e. The van der Waals surface area contributed by atoms with E-state index < -0.39 is 6.09 Å². The molecule has 1 aromatic heterocycles. The molecule has 0 aliphatic heterocycles. The molecule has 1 unspecified atom stereocenters. The maximum Gasteiger partial charge on any atom is 0.411 e. The number of aromatic amines is 1. The van der Waals surface area contributed by atoms with E-state index in [9.17, 15) is 4.79 Å². The van der Waals surface area contributed by atoms with Crippen LogP contribution in [0.5, 0.6) is 0 Å². The standard InChI is InChI=1S/C19H27N3O2/c1-4-20-11-13-5-7-17-15(9-13)16-10-14(6-8-18(16)22-17)21-19(23)24-12(2)3/h6,8,10,12-13,20,22H,4-5,7,9,11H2,1-3H3,(H,21,23). The third kappa shape index (κ3) is 3.73. The fraction of sp³-hybridized carbons (Fsp3) is 0.526. The zero-order valence-electron chi connectivity index (χ0n) is 14.7. The van der Waals surface area contributed by atoms with Gasteiger partial charge in [-0.25, -0.2) is 4.79 Å². The van der Waals surface area contributed by atoms with Crippen LogP contribution >= 0.6 is 0 Å². The first-order valence-electron chi connectivity index (χ1n) is 8.88. The number of carbonyl (C=O) groups excluding carboxylic acids is 1. The van der Waals surface area contributed by atoms with Crippen LogP contribution in [-0.2, 0) is 17.6 Å². The molecule has 1 aliphatic carbocycles. The van der Waals surface area contributed by atoms with Gasteiger partial charge >= 0.3 is 6.09 Å². The molecule has 0 saturated heterocycles. The Bertz CT molecular complexity index is 721. The Balaban J connectivity index is 1.80. The maximum absolute atomic E-state index is 11.8. The summed E-state index contributed by atoms with van der Waals surface area (Å²) in [5.41, 5.74) is 4.68. The Labute approximate surface area is 143 Å². The van der Waals surface area contributed by atoms with Crippen LogP contribution in [-0.4, -0.2) is 30.3 Å². The first kappa shape index (κ1) is 16.8.